The number of nitrogens with one attached hydrogen (secondary N) is 1. The molecule has 0 aliphatic carbocycles. The van der Waals surface area contributed by atoms with Gasteiger partial charge >= 0.3 is 11.9 Å². The molecular weight excluding hydrogens is 426 g/mol. The van der Waals surface area contributed by atoms with Crippen LogP contribution in [-0.2, 0) is 16.0 Å². The normalized spacial score (nSPS) is 10.6. The number of furan rings is 1. The lowest BCUT2D eigenvalue weighted by atomic mass is 10.1. The molecule has 0 fully saturated rings. The summed E-state index contributed by atoms with van der Waals surface area (Å²) in [6.07, 6.45) is 0. The number of aromatic nitrogens is 2. The van der Waals surface area contributed by atoms with Gasteiger partial charge in [0.1, 0.15) is 5.76 Å². The fourth-order valence-electron chi connectivity index (χ4n) is 2.93. The minimum Gasteiger partial charge on any atom is -0.465 e. The fraction of sp³-hybridized carbons (Fsp3) is 0.238. The number of hydrogen-bond donors (Lipinski definition) is 1. The van der Waals surface area contributed by atoms with Crippen LogP contribution in [0, 0.1) is 13.8 Å². The van der Waals surface area contributed by atoms with Crippen molar-refractivity contribution in [1.82, 2.24) is 9.78 Å². The number of carbonyl (C=O) groups excluding carboxylic acids is 3. The zero-order valence-electron chi connectivity index (χ0n) is 17.3. The Balaban J connectivity index is 1.80. The van der Waals surface area contributed by atoms with Crippen molar-refractivity contribution in [2.45, 2.75) is 20.4 Å². The van der Waals surface area contributed by atoms with Gasteiger partial charge in [0.25, 0.3) is 5.91 Å². The summed E-state index contributed by atoms with van der Waals surface area (Å²) in [5, 5.41) is 7.52. The number of methoxy groups -OCH3 is 2. The van der Waals surface area contributed by atoms with Gasteiger partial charge in [-0.15, -0.1) is 0 Å². The second kappa shape index (κ2) is 9.05. The van der Waals surface area contributed by atoms with Crippen LogP contribution < -0.4 is 5.32 Å². The van der Waals surface area contributed by atoms with Gasteiger partial charge < -0.3 is 19.2 Å². The van der Waals surface area contributed by atoms with E-state index in [2.05, 4.69) is 19.9 Å². The molecule has 31 heavy (non-hydrogen) atoms. The predicted molar refractivity (Wildman–Crippen MR) is 112 cm³/mol. The van der Waals surface area contributed by atoms with E-state index in [1.807, 2.05) is 6.92 Å². The number of ether oxygens (including phenoxy) is 2. The minimum absolute atomic E-state index is 0.0470. The summed E-state index contributed by atoms with van der Waals surface area (Å²) in [6.45, 7) is 3.95. The van der Waals surface area contributed by atoms with E-state index in [9.17, 15) is 14.4 Å². The lowest BCUT2D eigenvalue weighted by molar-refractivity contribution is 0.0599. The van der Waals surface area contributed by atoms with E-state index in [1.54, 1.807) is 17.7 Å². The van der Waals surface area contributed by atoms with Crippen LogP contribution in [0.15, 0.2) is 34.7 Å². The first kappa shape index (κ1) is 22.1. The van der Waals surface area contributed by atoms with Crippen molar-refractivity contribution < 1.29 is 28.3 Å². The van der Waals surface area contributed by atoms with Gasteiger partial charge in [0, 0.05) is 5.69 Å². The van der Waals surface area contributed by atoms with E-state index >= 15 is 0 Å². The van der Waals surface area contributed by atoms with Gasteiger partial charge in [0.15, 0.2) is 5.76 Å². The molecule has 3 rings (SSSR count). The Morgan fingerprint density at radius 1 is 1.06 bits per heavy atom. The van der Waals surface area contributed by atoms with E-state index in [0.29, 0.717) is 23.0 Å². The zero-order chi connectivity index (χ0) is 22.7. The molecule has 0 radical (unpaired) electrons. The Bertz CT molecular complexity index is 1130. The van der Waals surface area contributed by atoms with Gasteiger partial charge in [-0.05, 0) is 44.2 Å². The van der Waals surface area contributed by atoms with Crippen LogP contribution in [0.3, 0.4) is 0 Å². The topological polar surface area (TPSA) is 113 Å². The first-order chi connectivity index (χ1) is 14.7. The van der Waals surface area contributed by atoms with Gasteiger partial charge in [-0.25, -0.2) is 9.59 Å². The van der Waals surface area contributed by atoms with Crippen molar-refractivity contribution in [3.8, 4) is 0 Å². The number of anilines is 1. The Morgan fingerprint density at radius 3 is 2.19 bits per heavy atom. The maximum atomic E-state index is 12.6. The summed E-state index contributed by atoms with van der Waals surface area (Å²) in [4.78, 5) is 36.4. The number of carbonyl (C=O) groups is 3. The van der Waals surface area contributed by atoms with Crippen LogP contribution >= 0.6 is 11.6 Å². The molecule has 1 N–H and O–H groups in total. The summed E-state index contributed by atoms with van der Waals surface area (Å²) in [6, 6.07) is 7.26. The highest BCUT2D eigenvalue weighted by molar-refractivity contribution is 6.31. The van der Waals surface area contributed by atoms with Gasteiger partial charge in [-0.3, -0.25) is 9.48 Å². The lowest BCUT2D eigenvalue weighted by Gasteiger charge is -2.09. The van der Waals surface area contributed by atoms with E-state index in [4.69, 9.17) is 16.0 Å². The number of halogens is 1. The number of rotatable bonds is 6. The lowest BCUT2D eigenvalue weighted by Crippen LogP contribution is -2.14. The third kappa shape index (κ3) is 4.77. The molecule has 0 atom stereocenters. The van der Waals surface area contributed by atoms with E-state index in [-0.39, 0.29) is 22.6 Å². The van der Waals surface area contributed by atoms with Crippen molar-refractivity contribution in [3.05, 3.63) is 69.4 Å². The van der Waals surface area contributed by atoms with E-state index in [1.165, 1.54) is 38.5 Å². The van der Waals surface area contributed by atoms with Crippen LogP contribution in [-0.4, -0.2) is 41.8 Å². The molecule has 1 amide bonds. The van der Waals surface area contributed by atoms with Crippen LogP contribution in [0.5, 0.6) is 0 Å². The molecule has 162 valence electrons. The predicted octanol–water partition coefficient (Wildman–Crippen LogP) is 3.62. The minimum atomic E-state index is -0.662. The average Bonchev–Trinajstić information content (AvgIpc) is 3.33. The third-order valence-electron chi connectivity index (χ3n) is 4.52. The Labute approximate surface area is 182 Å². The quantitative estimate of drug-likeness (QED) is 0.576. The molecule has 0 saturated heterocycles. The molecule has 0 aliphatic heterocycles. The maximum absolute atomic E-state index is 12.6. The van der Waals surface area contributed by atoms with Crippen molar-refractivity contribution >= 4 is 35.1 Å². The highest BCUT2D eigenvalue weighted by Gasteiger charge is 2.18. The number of hydrogen-bond acceptors (Lipinski definition) is 7. The average molecular weight is 446 g/mol. The molecule has 3 aromatic rings. The standard InChI is InChI=1S/C21H20ClN3O6/c1-11-18(22)12(2)25(24-11)10-16-5-6-17(31-16)19(26)23-15-8-13(20(27)29-3)7-14(9-15)21(28)30-4/h5-9H,10H2,1-4H3,(H,23,26). The molecule has 2 aromatic heterocycles. The monoisotopic (exact) mass is 445 g/mol. The second-order valence-electron chi connectivity index (χ2n) is 6.64. The number of aryl methyl sites for hydroxylation is 1. The van der Waals surface area contributed by atoms with E-state index < -0.39 is 17.8 Å². The molecular formula is C21H20ClN3O6. The molecule has 0 spiro atoms. The Hall–Kier alpha value is -3.59. The smallest absolute Gasteiger partial charge is 0.337 e. The summed E-state index contributed by atoms with van der Waals surface area (Å²) in [5.41, 5.74) is 1.87. The molecule has 1 aromatic carbocycles. The maximum Gasteiger partial charge on any atom is 0.337 e. The van der Waals surface area contributed by atoms with Crippen LogP contribution in [0.4, 0.5) is 5.69 Å². The second-order valence-corrected chi connectivity index (χ2v) is 7.02. The molecule has 0 saturated carbocycles. The summed E-state index contributed by atoms with van der Waals surface area (Å²) >= 11 is 6.16. The summed E-state index contributed by atoms with van der Waals surface area (Å²) < 4.78 is 16.7. The van der Waals surface area contributed by atoms with Gasteiger partial charge in [-0.2, -0.15) is 5.10 Å². The highest BCUT2D eigenvalue weighted by Crippen LogP contribution is 2.21. The SMILES string of the molecule is COC(=O)c1cc(NC(=O)c2ccc(Cn3nc(C)c(Cl)c3C)o2)cc(C(=O)OC)c1. The first-order valence-corrected chi connectivity index (χ1v) is 9.52. The zero-order valence-corrected chi connectivity index (χ0v) is 18.1. The van der Waals surface area contributed by atoms with Crippen LogP contribution in [0.2, 0.25) is 5.02 Å². The van der Waals surface area contributed by atoms with Crippen LogP contribution in [0.25, 0.3) is 0 Å². The molecule has 2 heterocycles. The number of amides is 1. The van der Waals surface area contributed by atoms with Crippen LogP contribution in [0.1, 0.15) is 48.4 Å². The molecule has 0 bridgehead atoms. The molecule has 0 aliphatic rings. The van der Waals surface area contributed by atoms with E-state index in [0.717, 1.165) is 5.69 Å². The molecule has 10 heteroatoms. The van der Waals surface area contributed by atoms with Gasteiger partial charge in [0.05, 0.1) is 48.3 Å². The molecule has 9 nitrogen and oxygen atoms in total. The van der Waals surface area contributed by atoms with Crippen molar-refractivity contribution in [2.75, 3.05) is 19.5 Å². The van der Waals surface area contributed by atoms with Crippen molar-refractivity contribution in [3.63, 3.8) is 0 Å². The number of esters is 2. The largest absolute Gasteiger partial charge is 0.465 e. The van der Waals surface area contributed by atoms with Crippen molar-refractivity contribution in [1.29, 1.82) is 0 Å². The van der Waals surface area contributed by atoms with Gasteiger partial charge in [-0.1, -0.05) is 11.6 Å². The molecule has 0 unspecified atom stereocenters. The fourth-order valence-corrected chi connectivity index (χ4v) is 3.06. The Morgan fingerprint density at radius 2 is 1.68 bits per heavy atom. The number of benzene rings is 1. The first-order valence-electron chi connectivity index (χ1n) is 9.14. The van der Waals surface area contributed by atoms with Crippen molar-refractivity contribution in [2.24, 2.45) is 0 Å². The highest BCUT2D eigenvalue weighted by atomic mass is 35.5. The summed E-state index contributed by atoms with van der Waals surface area (Å²) in [5.74, 6) is -1.33. The number of nitrogens with zero attached hydrogens (tertiary/aromatic N) is 2. The van der Waals surface area contributed by atoms with Gasteiger partial charge in [0.2, 0.25) is 0 Å². The third-order valence-corrected chi connectivity index (χ3v) is 5.06. The Kier molecular flexibility index (Phi) is 6.45. The summed E-state index contributed by atoms with van der Waals surface area (Å²) in [7, 11) is 2.43.